The highest BCUT2D eigenvalue weighted by atomic mass is 32.2. The number of carboxylic acid groups (broad SMARTS) is 2. The second kappa shape index (κ2) is 8.12. The van der Waals surface area contributed by atoms with Crippen molar-refractivity contribution in [3.63, 3.8) is 0 Å². The summed E-state index contributed by atoms with van der Waals surface area (Å²) < 4.78 is 0. The fourth-order valence-corrected chi connectivity index (χ4v) is 3.81. The number of carbonyl (C=O) groups is 2. The molecule has 0 unspecified atom stereocenters. The van der Waals surface area contributed by atoms with E-state index in [-0.39, 0.29) is 11.1 Å². The summed E-state index contributed by atoms with van der Waals surface area (Å²) in [6.45, 7) is 0. The summed E-state index contributed by atoms with van der Waals surface area (Å²) in [6, 6.07) is 21.6. The summed E-state index contributed by atoms with van der Waals surface area (Å²) in [5, 5.41) is 17.8. The third kappa shape index (κ3) is 4.68. The predicted molar refractivity (Wildman–Crippen MR) is 101 cm³/mol. The monoisotopic (exact) mass is 382 g/mol. The van der Waals surface area contributed by atoms with E-state index in [1.807, 2.05) is 24.3 Å². The molecule has 0 aliphatic carbocycles. The van der Waals surface area contributed by atoms with Crippen molar-refractivity contribution >= 4 is 35.5 Å². The largest absolute Gasteiger partial charge is 0.478 e. The molecule has 0 aliphatic heterocycles. The van der Waals surface area contributed by atoms with Crippen molar-refractivity contribution in [3.05, 3.63) is 83.9 Å². The van der Waals surface area contributed by atoms with Gasteiger partial charge in [-0.1, -0.05) is 23.5 Å². The highest BCUT2D eigenvalue weighted by molar-refractivity contribution is 7.99. The Bertz CT molecular complexity index is 839. The molecule has 3 aromatic carbocycles. The Hall–Kier alpha value is -2.70. The van der Waals surface area contributed by atoms with Crippen molar-refractivity contribution in [2.24, 2.45) is 0 Å². The third-order valence-electron chi connectivity index (χ3n) is 3.50. The topological polar surface area (TPSA) is 74.6 Å². The van der Waals surface area contributed by atoms with Crippen LogP contribution >= 0.6 is 23.5 Å². The third-order valence-corrected chi connectivity index (χ3v) is 5.53. The lowest BCUT2D eigenvalue weighted by atomic mass is 10.2. The maximum absolute atomic E-state index is 10.9. The lowest BCUT2D eigenvalue weighted by Gasteiger charge is -2.05. The standard InChI is InChI=1S/C20H14O4S2/c21-19(22)13-1-5-15(6-2-13)25-17-9-11-18(12-10-17)26-16-7-3-14(4-8-16)20(23)24/h1-12H,(H,21,22)(H,23,24). The van der Waals surface area contributed by atoms with Crippen LogP contribution in [0.1, 0.15) is 20.7 Å². The van der Waals surface area contributed by atoms with Crippen LogP contribution in [0.5, 0.6) is 0 Å². The smallest absolute Gasteiger partial charge is 0.335 e. The van der Waals surface area contributed by atoms with Gasteiger partial charge in [0.15, 0.2) is 0 Å². The van der Waals surface area contributed by atoms with Gasteiger partial charge in [-0.3, -0.25) is 0 Å². The number of rotatable bonds is 6. The molecule has 6 heteroatoms. The summed E-state index contributed by atoms with van der Waals surface area (Å²) >= 11 is 3.12. The fourth-order valence-electron chi connectivity index (χ4n) is 2.18. The Morgan fingerprint density at radius 3 is 0.962 bits per heavy atom. The Labute approximate surface area is 158 Å². The van der Waals surface area contributed by atoms with Gasteiger partial charge in [0.1, 0.15) is 0 Å². The van der Waals surface area contributed by atoms with E-state index in [9.17, 15) is 9.59 Å². The SMILES string of the molecule is O=C(O)c1ccc(Sc2ccc(Sc3ccc(C(=O)O)cc3)cc2)cc1. The molecule has 130 valence electrons. The lowest BCUT2D eigenvalue weighted by Crippen LogP contribution is -1.94. The molecule has 0 aromatic heterocycles. The summed E-state index contributed by atoms with van der Waals surface area (Å²) in [4.78, 5) is 25.8. The zero-order chi connectivity index (χ0) is 18.5. The molecule has 0 fully saturated rings. The minimum atomic E-state index is -0.931. The molecule has 26 heavy (non-hydrogen) atoms. The van der Waals surface area contributed by atoms with Gasteiger partial charge in [-0.05, 0) is 72.8 Å². The van der Waals surface area contributed by atoms with E-state index in [2.05, 4.69) is 0 Å². The summed E-state index contributed by atoms with van der Waals surface area (Å²) in [5.74, 6) is -1.86. The minimum absolute atomic E-state index is 0.273. The number of aromatic carboxylic acids is 2. The molecule has 0 saturated heterocycles. The van der Waals surface area contributed by atoms with Crippen LogP contribution in [0.3, 0.4) is 0 Å². The lowest BCUT2D eigenvalue weighted by molar-refractivity contribution is 0.0686. The van der Waals surface area contributed by atoms with E-state index in [4.69, 9.17) is 10.2 Å². The van der Waals surface area contributed by atoms with Crippen molar-refractivity contribution < 1.29 is 19.8 Å². The maximum atomic E-state index is 10.9. The number of benzene rings is 3. The van der Waals surface area contributed by atoms with E-state index < -0.39 is 11.9 Å². The molecule has 0 heterocycles. The Kier molecular flexibility index (Phi) is 5.65. The Morgan fingerprint density at radius 2 is 0.731 bits per heavy atom. The molecule has 0 bridgehead atoms. The Morgan fingerprint density at radius 1 is 0.500 bits per heavy atom. The van der Waals surface area contributed by atoms with E-state index in [1.165, 1.54) is 0 Å². The minimum Gasteiger partial charge on any atom is -0.478 e. The predicted octanol–water partition coefficient (Wildman–Crippen LogP) is 5.39. The summed E-state index contributed by atoms with van der Waals surface area (Å²) in [7, 11) is 0. The Balaban J connectivity index is 1.64. The quantitative estimate of drug-likeness (QED) is 0.596. The van der Waals surface area contributed by atoms with Gasteiger partial charge >= 0.3 is 11.9 Å². The molecular weight excluding hydrogens is 368 g/mol. The molecule has 0 radical (unpaired) electrons. The average molecular weight is 382 g/mol. The van der Waals surface area contributed by atoms with Crippen molar-refractivity contribution in [1.29, 1.82) is 0 Å². The molecule has 3 rings (SSSR count). The van der Waals surface area contributed by atoms with Gasteiger partial charge in [0.25, 0.3) is 0 Å². The van der Waals surface area contributed by atoms with Crippen LogP contribution < -0.4 is 0 Å². The van der Waals surface area contributed by atoms with Crippen molar-refractivity contribution in [2.45, 2.75) is 19.6 Å². The van der Waals surface area contributed by atoms with Gasteiger partial charge in [0.2, 0.25) is 0 Å². The molecule has 4 nitrogen and oxygen atoms in total. The van der Waals surface area contributed by atoms with Crippen LogP contribution in [0.2, 0.25) is 0 Å². The summed E-state index contributed by atoms with van der Waals surface area (Å²) in [5.41, 5.74) is 0.546. The van der Waals surface area contributed by atoms with Crippen LogP contribution in [0, 0.1) is 0 Å². The molecule has 0 amide bonds. The van der Waals surface area contributed by atoms with Crippen LogP contribution in [0.15, 0.2) is 92.4 Å². The fraction of sp³-hybridized carbons (Fsp3) is 0. The molecule has 0 saturated carbocycles. The number of carboxylic acids is 2. The molecule has 0 atom stereocenters. The van der Waals surface area contributed by atoms with Gasteiger partial charge in [-0.25, -0.2) is 9.59 Å². The molecule has 0 aliphatic rings. The van der Waals surface area contributed by atoms with E-state index in [1.54, 1.807) is 72.1 Å². The second-order valence-electron chi connectivity index (χ2n) is 5.33. The molecular formula is C20H14O4S2. The van der Waals surface area contributed by atoms with E-state index in [0.29, 0.717) is 0 Å². The van der Waals surface area contributed by atoms with Gasteiger partial charge in [0.05, 0.1) is 11.1 Å². The molecule has 2 N–H and O–H groups in total. The average Bonchev–Trinajstić information content (AvgIpc) is 2.64. The van der Waals surface area contributed by atoms with Crippen LogP contribution in [-0.4, -0.2) is 22.2 Å². The van der Waals surface area contributed by atoms with Crippen LogP contribution in [0.25, 0.3) is 0 Å². The van der Waals surface area contributed by atoms with Gasteiger partial charge in [-0.2, -0.15) is 0 Å². The highest BCUT2D eigenvalue weighted by Crippen LogP contribution is 2.32. The highest BCUT2D eigenvalue weighted by Gasteiger charge is 2.05. The molecule has 0 spiro atoms. The first-order chi connectivity index (χ1) is 12.5. The van der Waals surface area contributed by atoms with Gasteiger partial charge in [-0.15, -0.1) is 0 Å². The number of hydrogen-bond acceptors (Lipinski definition) is 4. The first kappa shape index (κ1) is 18.1. The van der Waals surface area contributed by atoms with Gasteiger partial charge < -0.3 is 10.2 Å². The zero-order valence-corrected chi connectivity index (χ0v) is 15.1. The maximum Gasteiger partial charge on any atom is 0.335 e. The first-order valence-electron chi connectivity index (χ1n) is 7.64. The first-order valence-corrected chi connectivity index (χ1v) is 9.27. The van der Waals surface area contributed by atoms with Crippen LogP contribution in [0.4, 0.5) is 0 Å². The molecule has 3 aromatic rings. The summed E-state index contributed by atoms with van der Waals surface area (Å²) in [6.07, 6.45) is 0. The van der Waals surface area contributed by atoms with E-state index in [0.717, 1.165) is 19.6 Å². The van der Waals surface area contributed by atoms with Gasteiger partial charge in [0, 0.05) is 19.6 Å². The number of hydrogen-bond donors (Lipinski definition) is 2. The van der Waals surface area contributed by atoms with Crippen molar-refractivity contribution in [2.75, 3.05) is 0 Å². The zero-order valence-electron chi connectivity index (χ0n) is 13.5. The van der Waals surface area contributed by atoms with Crippen molar-refractivity contribution in [3.8, 4) is 0 Å². The normalized spacial score (nSPS) is 10.5. The van der Waals surface area contributed by atoms with Crippen LogP contribution in [-0.2, 0) is 0 Å². The van der Waals surface area contributed by atoms with Crippen molar-refractivity contribution in [1.82, 2.24) is 0 Å². The second-order valence-corrected chi connectivity index (χ2v) is 7.63. The van der Waals surface area contributed by atoms with E-state index >= 15 is 0 Å².